The molecule has 0 aliphatic rings. The van der Waals surface area contributed by atoms with Gasteiger partial charge < -0.3 is 4.79 Å². The van der Waals surface area contributed by atoms with Crippen LogP contribution in [0.1, 0.15) is 25.3 Å². The summed E-state index contributed by atoms with van der Waals surface area (Å²) in [5.74, 6) is 0. The predicted molar refractivity (Wildman–Crippen MR) is 60.9 cm³/mol. The molecule has 0 fully saturated rings. The Labute approximate surface area is 92.2 Å². The summed E-state index contributed by atoms with van der Waals surface area (Å²) in [4.78, 5) is 14.4. The molecule has 0 amide bonds. The molecule has 0 saturated carbocycles. The Hall–Kier alpha value is -0.960. The summed E-state index contributed by atoms with van der Waals surface area (Å²) in [6.45, 7) is 1.97. The molecular formula is C11H12BrNO. The van der Waals surface area contributed by atoms with E-state index >= 15 is 0 Å². The largest absolute Gasteiger partial charge is 0.303 e. The summed E-state index contributed by atoms with van der Waals surface area (Å²) in [5.41, 5.74) is 2.23. The molecular weight excluding hydrogens is 242 g/mol. The lowest BCUT2D eigenvalue weighted by atomic mass is 10.0. The van der Waals surface area contributed by atoms with E-state index in [1.165, 1.54) is 0 Å². The summed E-state index contributed by atoms with van der Waals surface area (Å²) in [6.07, 6.45) is 7.85. The zero-order chi connectivity index (χ0) is 10.4. The summed E-state index contributed by atoms with van der Waals surface area (Å²) in [6, 6.07) is 2.01. The Morgan fingerprint density at radius 1 is 1.57 bits per heavy atom. The van der Waals surface area contributed by atoms with Crippen LogP contribution in [-0.2, 0) is 4.79 Å². The molecule has 1 heterocycles. The lowest BCUT2D eigenvalue weighted by Crippen LogP contribution is -1.87. The van der Waals surface area contributed by atoms with Crippen molar-refractivity contribution in [3.8, 4) is 0 Å². The van der Waals surface area contributed by atoms with Crippen LogP contribution in [0.4, 0.5) is 0 Å². The van der Waals surface area contributed by atoms with Gasteiger partial charge in [-0.15, -0.1) is 0 Å². The molecule has 2 nitrogen and oxygen atoms in total. The van der Waals surface area contributed by atoms with E-state index in [2.05, 4.69) is 20.9 Å². The predicted octanol–water partition coefficient (Wildman–Crippen LogP) is 3.23. The maximum Gasteiger partial charge on any atom is 0.120 e. The second-order valence-corrected chi connectivity index (χ2v) is 3.83. The van der Waals surface area contributed by atoms with Crippen LogP contribution >= 0.6 is 15.9 Å². The monoisotopic (exact) mass is 253 g/mol. The van der Waals surface area contributed by atoms with Gasteiger partial charge in [0.05, 0.1) is 0 Å². The van der Waals surface area contributed by atoms with Crippen molar-refractivity contribution in [2.24, 2.45) is 0 Å². The highest BCUT2D eigenvalue weighted by molar-refractivity contribution is 9.10. The molecule has 3 heteroatoms. The van der Waals surface area contributed by atoms with Crippen molar-refractivity contribution in [3.63, 3.8) is 0 Å². The van der Waals surface area contributed by atoms with E-state index in [0.717, 1.165) is 28.3 Å². The van der Waals surface area contributed by atoms with E-state index in [9.17, 15) is 4.79 Å². The molecule has 0 atom stereocenters. The van der Waals surface area contributed by atoms with Crippen LogP contribution in [0.15, 0.2) is 29.0 Å². The number of pyridine rings is 1. The highest BCUT2D eigenvalue weighted by Gasteiger charge is 2.01. The van der Waals surface area contributed by atoms with Gasteiger partial charge >= 0.3 is 0 Å². The molecule has 0 saturated heterocycles. The molecule has 0 aliphatic heterocycles. The Balaban J connectivity index is 2.84. The quantitative estimate of drug-likeness (QED) is 0.772. The summed E-state index contributed by atoms with van der Waals surface area (Å²) in [5, 5.41) is 0. The Bertz CT molecular complexity index is 347. The molecule has 0 aliphatic carbocycles. The van der Waals surface area contributed by atoms with Gasteiger partial charge in [-0.05, 0) is 46.5 Å². The number of hydrogen-bond donors (Lipinski definition) is 0. The molecule has 0 unspecified atom stereocenters. The van der Waals surface area contributed by atoms with Crippen LogP contribution in [0.5, 0.6) is 0 Å². The van der Waals surface area contributed by atoms with Crippen LogP contribution in [0.2, 0.25) is 0 Å². The molecule has 74 valence electrons. The van der Waals surface area contributed by atoms with Gasteiger partial charge in [0.1, 0.15) is 6.29 Å². The highest BCUT2D eigenvalue weighted by atomic mass is 79.9. The van der Waals surface area contributed by atoms with Crippen molar-refractivity contribution in [2.75, 3.05) is 0 Å². The minimum absolute atomic E-state index is 0.562. The first kappa shape index (κ1) is 11.1. The molecule has 14 heavy (non-hydrogen) atoms. The Morgan fingerprint density at radius 2 is 2.36 bits per heavy atom. The van der Waals surface area contributed by atoms with Gasteiger partial charge in [0.2, 0.25) is 0 Å². The number of aldehydes is 1. The first-order chi connectivity index (χ1) is 6.77. The molecule has 0 radical (unpaired) electrons. The third kappa shape index (κ3) is 3.07. The van der Waals surface area contributed by atoms with Crippen LogP contribution in [0.25, 0.3) is 5.57 Å². The van der Waals surface area contributed by atoms with E-state index < -0.39 is 0 Å². The Morgan fingerprint density at radius 3 is 2.93 bits per heavy atom. The Kier molecular flexibility index (Phi) is 4.53. The average Bonchev–Trinajstić information content (AvgIpc) is 2.19. The number of nitrogens with zero attached hydrogens (tertiary/aromatic N) is 1. The molecule has 0 aromatic carbocycles. The third-order valence-corrected chi connectivity index (χ3v) is 2.39. The van der Waals surface area contributed by atoms with Crippen molar-refractivity contribution in [3.05, 3.63) is 34.6 Å². The molecule has 0 N–H and O–H groups in total. The maximum absolute atomic E-state index is 10.3. The fourth-order valence-corrected chi connectivity index (χ4v) is 1.62. The fourth-order valence-electron chi connectivity index (χ4n) is 1.26. The maximum atomic E-state index is 10.3. The number of carbonyl (C=O) groups excluding carboxylic acids is 1. The van der Waals surface area contributed by atoms with Crippen molar-refractivity contribution in [1.29, 1.82) is 0 Å². The second kappa shape index (κ2) is 5.70. The van der Waals surface area contributed by atoms with Crippen LogP contribution in [-0.4, -0.2) is 11.3 Å². The molecule has 1 rings (SSSR count). The number of halogens is 1. The van der Waals surface area contributed by atoms with Crippen LogP contribution < -0.4 is 0 Å². The topological polar surface area (TPSA) is 30.0 Å². The molecule has 0 spiro atoms. The van der Waals surface area contributed by atoms with Gasteiger partial charge in [0.15, 0.2) is 0 Å². The molecule has 1 aromatic heterocycles. The van der Waals surface area contributed by atoms with Gasteiger partial charge in [-0.25, -0.2) is 0 Å². The lowest BCUT2D eigenvalue weighted by Gasteiger charge is -2.04. The average molecular weight is 254 g/mol. The minimum atomic E-state index is 0.562. The first-order valence-corrected chi connectivity index (χ1v) is 5.27. The van der Waals surface area contributed by atoms with Crippen LogP contribution in [0, 0.1) is 0 Å². The number of hydrogen-bond acceptors (Lipinski definition) is 2. The van der Waals surface area contributed by atoms with E-state index in [4.69, 9.17) is 0 Å². The fraction of sp³-hybridized carbons (Fsp3) is 0.273. The van der Waals surface area contributed by atoms with E-state index in [-0.39, 0.29) is 0 Å². The van der Waals surface area contributed by atoms with Crippen molar-refractivity contribution >= 4 is 27.8 Å². The number of rotatable bonds is 4. The first-order valence-electron chi connectivity index (χ1n) is 4.47. The van der Waals surface area contributed by atoms with Gasteiger partial charge in [0, 0.05) is 23.3 Å². The summed E-state index contributed by atoms with van der Waals surface area (Å²) >= 11 is 3.37. The second-order valence-electron chi connectivity index (χ2n) is 2.91. The number of allylic oxidation sites excluding steroid dienone is 2. The standard InChI is InChI=1S/C11H12BrNO/c1-2-9(4-3-5-14)10-6-11(12)8-13-7-10/h2,5-8H,3-4H2,1H3. The molecule has 1 aromatic rings. The normalized spacial score (nSPS) is 11.4. The zero-order valence-corrected chi connectivity index (χ0v) is 9.62. The summed E-state index contributed by atoms with van der Waals surface area (Å²) in [7, 11) is 0. The minimum Gasteiger partial charge on any atom is -0.303 e. The number of aromatic nitrogens is 1. The van der Waals surface area contributed by atoms with Gasteiger partial charge in [-0.1, -0.05) is 6.08 Å². The summed E-state index contributed by atoms with van der Waals surface area (Å²) < 4.78 is 0.959. The van der Waals surface area contributed by atoms with Gasteiger partial charge in [-0.2, -0.15) is 0 Å². The highest BCUT2D eigenvalue weighted by Crippen LogP contribution is 2.21. The number of carbonyl (C=O) groups is 1. The zero-order valence-electron chi connectivity index (χ0n) is 8.03. The van der Waals surface area contributed by atoms with Crippen molar-refractivity contribution < 1.29 is 4.79 Å². The lowest BCUT2D eigenvalue weighted by molar-refractivity contribution is -0.107. The van der Waals surface area contributed by atoms with Gasteiger partial charge in [0.25, 0.3) is 0 Å². The van der Waals surface area contributed by atoms with Crippen molar-refractivity contribution in [1.82, 2.24) is 4.98 Å². The molecule has 0 bridgehead atoms. The van der Waals surface area contributed by atoms with Crippen LogP contribution in [0.3, 0.4) is 0 Å². The van der Waals surface area contributed by atoms with E-state index in [1.54, 1.807) is 6.20 Å². The van der Waals surface area contributed by atoms with Crippen molar-refractivity contribution in [2.45, 2.75) is 19.8 Å². The van der Waals surface area contributed by atoms with E-state index in [0.29, 0.717) is 6.42 Å². The van der Waals surface area contributed by atoms with E-state index in [1.807, 2.05) is 25.3 Å². The SMILES string of the molecule is CC=C(CCC=O)c1cncc(Br)c1. The van der Waals surface area contributed by atoms with Gasteiger partial charge in [-0.3, -0.25) is 4.98 Å². The third-order valence-electron chi connectivity index (χ3n) is 1.96. The smallest absolute Gasteiger partial charge is 0.120 e.